The lowest BCUT2D eigenvalue weighted by Crippen LogP contribution is -2.44. The Hall–Kier alpha value is -2.12. The predicted octanol–water partition coefficient (Wildman–Crippen LogP) is 10.7. The summed E-state index contributed by atoms with van der Waals surface area (Å²) in [6.45, 7) is 6.39. The van der Waals surface area contributed by atoms with Crippen LogP contribution in [0.3, 0.4) is 0 Å². The smallest absolute Gasteiger partial charge is 0.115 e. The summed E-state index contributed by atoms with van der Waals surface area (Å²) in [4.78, 5) is 0. The minimum Gasteiger partial charge on any atom is -0.508 e. The van der Waals surface area contributed by atoms with Crippen molar-refractivity contribution in [2.75, 3.05) is 27.4 Å². The average molecular weight is 745 g/mol. The summed E-state index contributed by atoms with van der Waals surface area (Å²) in [6.07, 6.45) is 20.8. The van der Waals surface area contributed by atoms with Gasteiger partial charge in [-0.25, -0.2) is 0 Å². The second kappa shape index (κ2) is 17.2. The largest absolute Gasteiger partial charge is 0.508 e. The average Bonchev–Trinajstić information content (AvgIpc) is 3.65. The number of unbranched alkanes of at least 4 members (excludes halogenated alkanes) is 4. The molecule has 6 nitrogen and oxygen atoms in total. The number of methoxy groups -OCH3 is 2. The SMILES string of the molecule is COCCCCCC[C@@H]1C[C@@H]2[C@H](CC[C@]3(C)[C@@H](O)CC[C@@H]23)c2ccc(O)cc21.COCCCC[C@@H]1C[C@@H]2[C@H](CC[C@]3(C)[C@@H](O)CC[C@@H]23)c2ccc(O)cc21. The maximum atomic E-state index is 10.7. The molecule has 0 heterocycles. The van der Waals surface area contributed by atoms with Crippen molar-refractivity contribution in [1.29, 1.82) is 0 Å². The zero-order chi connectivity index (χ0) is 38.0. The van der Waals surface area contributed by atoms with E-state index in [-0.39, 0.29) is 23.0 Å². The third-order valence-electron chi connectivity index (χ3n) is 16.5. The minimum atomic E-state index is -0.116. The Kier molecular flexibility index (Phi) is 12.7. The molecule has 300 valence electrons. The van der Waals surface area contributed by atoms with Gasteiger partial charge in [0, 0.05) is 27.4 Å². The van der Waals surface area contributed by atoms with Crippen LogP contribution in [-0.2, 0) is 9.47 Å². The van der Waals surface area contributed by atoms with Gasteiger partial charge in [-0.3, -0.25) is 0 Å². The van der Waals surface area contributed by atoms with Crippen LogP contribution < -0.4 is 0 Å². The molecule has 0 aliphatic heterocycles. The Morgan fingerprint density at radius 3 is 1.44 bits per heavy atom. The molecule has 0 aromatic heterocycles. The topological polar surface area (TPSA) is 99.4 Å². The zero-order valence-electron chi connectivity index (χ0n) is 34.0. The molecule has 0 spiro atoms. The fraction of sp³-hybridized carbons (Fsp3) is 0.750. The monoisotopic (exact) mass is 745 g/mol. The number of aliphatic hydroxyl groups is 2. The molecule has 54 heavy (non-hydrogen) atoms. The van der Waals surface area contributed by atoms with E-state index in [1.165, 1.54) is 99.3 Å². The number of hydrogen-bond donors (Lipinski definition) is 4. The van der Waals surface area contributed by atoms with Crippen molar-refractivity contribution in [3.63, 3.8) is 0 Å². The molecule has 6 heteroatoms. The third-order valence-corrected chi connectivity index (χ3v) is 16.5. The standard InChI is InChI=1S/C25H38O3.C23H34O3/c1-25-13-12-20-19-9-8-18(26)16-21(19)17(7-5-3-4-6-14-28-2)15-22(20)23(25)10-11-24(25)27;1-23-11-10-18-17-7-6-16(24)14-19(17)15(5-3-4-12-26-2)13-20(18)21(23)8-9-22(23)25/h8-9,16-17,20,22-24,26-27H,3-7,10-15H2,1-2H3;6-7,14-15,18,20-22,24-25H,3-5,8-13H2,1-2H3/t17-,20-,22-,23+,24+,25+;15-,18-,20-,21+,22+,23+/m11/s1. The Morgan fingerprint density at radius 2 is 0.981 bits per heavy atom. The van der Waals surface area contributed by atoms with Crippen molar-refractivity contribution in [3.05, 3.63) is 58.7 Å². The van der Waals surface area contributed by atoms with E-state index >= 15 is 0 Å². The van der Waals surface area contributed by atoms with Gasteiger partial charge in [0.15, 0.2) is 0 Å². The number of hydrogen-bond acceptors (Lipinski definition) is 6. The van der Waals surface area contributed by atoms with Crippen LogP contribution in [0.2, 0.25) is 0 Å². The molecular weight excluding hydrogens is 673 g/mol. The summed E-state index contributed by atoms with van der Waals surface area (Å²) in [5.74, 6) is 5.86. The van der Waals surface area contributed by atoms with Gasteiger partial charge < -0.3 is 29.9 Å². The number of rotatable bonds is 12. The minimum absolute atomic E-state index is 0.112. The molecule has 4 saturated carbocycles. The fourth-order valence-electron chi connectivity index (χ4n) is 13.5. The Morgan fingerprint density at radius 1 is 0.556 bits per heavy atom. The first-order valence-corrected chi connectivity index (χ1v) is 22.1. The summed E-state index contributed by atoms with van der Waals surface area (Å²) < 4.78 is 10.4. The van der Waals surface area contributed by atoms with E-state index in [0.717, 1.165) is 51.7 Å². The Bertz CT molecular complexity index is 1540. The van der Waals surface area contributed by atoms with Crippen LogP contribution in [0.5, 0.6) is 11.5 Å². The molecule has 4 N–H and O–H groups in total. The van der Waals surface area contributed by atoms with Gasteiger partial charge in [-0.15, -0.1) is 0 Å². The highest BCUT2D eigenvalue weighted by molar-refractivity contribution is 5.44. The van der Waals surface area contributed by atoms with Crippen molar-refractivity contribution in [2.45, 2.75) is 165 Å². The molecule has 6 aliphatic carbocycles. The molecule has 0 amide bonds. The molecule has 2 aromatic carbocycles. The highest BCUT2D eigenvalue weighted by atomic mass is 16.5. The van der Waals surface area contributed by atoms with Gasteiger partial charge >= 0.3 is 0 Å². The molecule has 2 aromatic rings. The molecule has 6 aliphatic rings. The Labute approximate surface area is 326 Å². The maximum absolute atomic E-state index is 10.7. The summed E-state index contributed by atoms with van der Waals surface area (Å²) in [6, 6.07) is 12.3. The normalized spacial score (nSPS) is 37.5. The zero-order valence-corrected chi connectivity index (χ0v) is 34.0. The number of phenolic OH excluding ortho intramolecular Hbond substituents is 2. The van der Waals surface area contributed by atoms with Crippen molar-refractivity contribution >= 4 is 0 Å². The van der Waals surface area contributed by atoms with Crippen LogP contribution in [0, 0.1) is 34.5 Å². The van der Waals surface area contributed by atoms with Crippen LogP contribution >= 0.6 is 0 Å². The van der Waals surface area contributed by atoms with Crippen LogP contribution in [0.4, 0.5) is 0 Å². The fourth-order valence-corrected chi connectivity index (χ4v) is 13.5. The van der Waals surface area contributed by atoms with Crippen LogP contribution in [0.25, 0.3) is 0 Å². The van der Waals surface area contributed by atoms with Crippen molar-refractivity contribution in [3.8, 4) is 11.5 Å². The number of ether oxygens (including phenoxy) is 2. The summed E-state index contributed by atoms with van der Waals surface area (Å²) >= 11 is 0. The van der Waals surface area contributed by atoms with Gasteiger partial charge in [-0.1, -0.05) is 51.7 Å². The van der Waals surface area contributed by atoms with Crippen molar-refractivity contribution in [2.24, 2.45) is 34.5 Å². The number of benzene rings is 2. The van der Waals surface area contributed by atoms with Crippen LogP contribution in [0.1, 0.15) is 175 Å². The van der Waals surface area contributed by atoms with Gasteiger partial charge in [0.2, 0.25) is 0 Å². The number of phenols is 2. The van der Waals surface area contributed by atoms with E-state index in [1.54, 1.807) is 14.2 Å². The van der Waals surface area contributed by atoms with Crippen LogP contribution in [-0.4, -0.2) is 60.1 Å². The van der Waals surface area contributed by atoms with E-state index < -0.39 is 0 Å². The first kappa shape index (κ1) is 40.1. The van der Waals surface area contributed by atoms with Crippen LogP contribution in [0.15, 0.2) is 36.4 Å². The van der Waals surface area contributed by atoms with Gasteiger partial charge in [-0.05, 0) is 195 Å². The van der Waals surface area contributed by atoms with E-state index in [4.69, 9.17) is 9.47 Å². The quantitative estimate of drug-likeness (QED) is 0.162. The van der Waals surface area contributed by atoms with Gasteiger partial charge in [0.05, 0.1) is 12.2 Å². The van der Waals surface area contributed by atoms with Crippen molar-refractivity contribution in [1.82, 2.24) is 0 Å². The van der Waals surface area contributed by atoms with E-state index in [9.17, 15) is 20.4 Å². The molecule has 4 fully saturated rings. The third kappa shape index (κ3) is 7.77. The number of aromatic hydroxyl groups is 2. The number of aliphatic hydroxyl groups excluding tert-OH is 2. The lowest BCUT2D eigenvalue weighted by Gasteiger charge is -2.51. The first-order valence-electron chi connectivity index (χ1n) is 22.1. The summed E-state index contributed by atoms with van der Waals surface area (Å²) in [5.41, 5.74) is 6.04. The second-order valence-corrected chi connectivity index (χ2v) is 19.2. The van der Waals surface area contributed by atoms with E-state index in [1.807, 2.05) is 18.2 Å². The molecule has 0 unspecified atom stereocenters. The molecule has 12 atom stereocenters. The molecule has 0 bridgehead atoms. The molecule has 0 saturated heterocycles. The van der Waals surface area contributed by atoms with Gasteiger partial charge in [0.1, 0.15) is 11.5 Å². The highest BCUT2D eigenvalue weighted by Gasteiger charge is 2.56. The number of fused-ring (bicyclic) bond motifs is 10. The summed E-state index contributed by atoms with van der Waals surface area (Å²) in [7, 11) is 3.55. The van der Waals surface area contributed by atoms with E-state index in [2.05, 4.69) is 32.0 Å². The molecule has 8 rings (SSSR count). The molecule has 0 radical (unpaired) electrons. The summed E-state index contributed by atoms with van der Waals surface area (Å²) in [5, 5.41) is 41.5. The highest BCUT2D eigenvalue weighted by Crippen LogP contribution is 2.64. The van der Waals surface area contributed by atoms with Gasteiger partial charge in [-0.2, -0.15) is 0 Å². The van der Waals surface area contributed by atoms with E-state index in [0.29, 0.717) is 58.8 Å². The molecular formula is C48H72O6. The predicted molar refractivity (Wildman–Crippen MR) is 216 cm³/mol. The lowest BCUT2D eigenvalue weighted by molar-refractivity contribution is -0.0253. The first-order chi connectivity index (χ1) is 26.1. The second-order valence-electron chi connectivity index (χ2n) is 19.2. The van der Waals surface area contributed by atoms with Gasteiger partial charge in [0.25, 0.3) is 0 Å². The maximum Gasteiger partial charge on any atom is 0.115 e. The van der Waals surface area contributed by atoms with Crippen molar-refractivity contribution < 1.29 is 29.9 Å². The Balaban J connectivity index is 0.000000167. The lowest BCUT2D eigenvalue weighted by atomic mass is 9.53.